The van der Waals surface area contributed by atoms with Crippen LogP contribution in [0.5, 0.6) is 0 Å². The molecule has 1 fully saturated rings. The van der Waals surface area contributed by atoms with Crippen molar-refractivity contribution in [2.24, 2.45) is 0 Å². The van der Waals surface area contributed by atoms with Crippen molar-refractivity contribution in [2.75, 3.05) is 37.7 Å². The van der Waals surface area contributed by atoms with E-state index in [0.717, 1.165) is 32.0 Å². The first kappa shape index (κ1) is 15.4. The van der Waals surface area contributed by atoms with E-state index in [1.807, 2.05) is 13.0 Å². The predicted molar refractivity (Wildman–Crippen MR) is 84.9 cm³/mol. The Balaban J connectivity index is 1.88. The van der Waals surface area contributed by atoms with Gasteiger partial charge in [0.25, 0.3) is 0 Å². The monoisotopic (exact) mass is 316 g/mol. The molecule has 1 N–H and O–H groups in total. The summed E-state index contributed by atoms with van der Waals surface area (Å²) in [6.07, 6.45) is 3.04. The fourth-order valence-electron chi connectivity index (χ4n) is 2.57. The van der Waals surface area contributed by atoms with E-state index in [1.165, 1.54) is 12.5 Å². The summed E-state index contributed by atoms with van der Waals surface area (Å²) in [4.78, 5) is 22.7. The van der Waals surface area contributed by atoms with Gasteiger partial charge >= 0.3 is 5.97 Å². The zero-order valence-corrected chi connectivity index (χ0v) is 13.3. The van der Waals surface area contributed by atoms with Crippen molar-refractivity contribution >= 4 is 11.8 Å². The largest absolute Gasteiger partial charge is 0.462 e. The lowest BCUT2D eigenvalue weighted by Gasteiger charge is -2.28. The Kier molecular flexibility index (Phi) is 4.52. The van der Waals surface area contributed by atoms with Crippen LogP contribution >= 0.6 is 0 Å². The zero-order chi connectivity index (χ0) is 16.2. The molecule has 0 saturated carbocycles. The quantitative estimate of drug-likeness (QED) is 0.825. The van der Waals surface area contributed by atoms with Gasteiger partial charge in [0.2, 0.25) is 0 Å². The van der Waals surface area contributed by atoms with E-state index in [0.29, 0.717) is 23.7 Å². The SMILES string of the molecule is CCOC(=O)c1cnn(-c2cc(N3CCNCC3)ncn2)c1C. The summed E-state index contributed by atoms with van der Waals surface area (Å²) in [7, 11) is 0. The molecule has 8 nitrogen and oxygen atoms in total. The van der Waals surface area contributed by atoms with E-state index in [9.17, 15) is 4.79 Å². The first-order chi connectivity index (χ1) is 11.2. The molecule has 1 aliphatic rings. The zero-order valence-electron chi connectivity index (χ0n) is 13.3. The maximum Gasteiger partial charge on any atom is 0.341 e. The highest BCUT2D eigenvalue weighted by atomic mass is 16.5. The van der Waals surface area contributed by atoms with Gasteiger partial charge in [-0.3, -0.25) is 0 Å². The molecule has 1 aliphatic heterocycles. The smallest absolute Gasteiger partial charge is 0.341 e. The van der Waals surface area contributed by atoms with Crippen LogP contribution in [0.3, 0.4) is 0 Å². The summed E-state index contributed by atoms with van der Waals surface area (Å²) in [5.41, 5.74) is 1.16. The van der Waals surface area contributed by atoms with Crippen molar-refractivity contribution in [1.29, 1.82) is 0 Å². The third-order valence-electron chi connectivity index (χ3n) is 3.80. The van der Waals surface area contributed by atoms with Gasteiger partial charge in [0.15, 0.2) is 5.82 Å². The number of nitrogens with zero attached hydrogens (tertiary/aromatic N) is 5. The summed E-state index contributed by atoms with van der Waals surface area (Å²) < 4.78 is 6.68. The number of anilines is 1. The molecule has 0 aromatic carbocycles. The summed E-state index contributed by atoms with van der Waals surface area (Å²) in [5, 5.41) is 7.58. The molecule has 0 spiro atoms. The Bertz CT molecular complexity index is 693. The number of ether oxygens (including phenoxy) is 1. The molecular weight excluding hydrogens is 296 g/mol. The average molecular weight is 316 g/mol. The Hall–Kier alpha value is -2.48. The number of hydrogen-bond donors (Lipinski definition) is 1. The van der Waals surface area contributed by atoms with Crippen LogP contribution in [0.1, 0.15) is 23.0 Å². The highest BCUT2D eigenvalue weighted by Gasteiger charge is 2.18. The van der Waals surface area contributed by atoms with Crippen LogP contribution in [-0.2, 0) is 4.74 Å². The first-order valence-electron chi connectivity index (χ1n) is 7.70. The number of carbonyl (C=O) groups excluding carboxylic acids is 1. The lowest BCUT2D eigenvalue weighted by atomic mass is 10.2. The highest BCUT2D eigenvalue weighted by molar-refractivity contribution is 5.90. The summed E-state index contributed by atoms with van der Waals surface area (Å²) in [6, 6.07) is 1.89. The van der Waals surface area contributed by atoms with E-state index in [1.54, 1.807) is 11.6 Å². The molecular formula is C15H20N6O2. The first-order valence-corrected chi connectivity index (χ1v) is 7.70. The van der Waals surface area contributed by atoms with Crippen molar-refractivity contribution in [2.45, 2.75) is 13.8 Å². The third kappa shape index (κ3) is 3.16. The second-order valence-corrected chi connectivity index (χ2v) is 5.25. The van der Waals surface area contributed by atoms with E-state index < -0.39 is 0 Å². The molecule has 2 aromatic heterocycles. The normalized spacial score (nSPS) is 14.8. The Morgan fingerprint density at radius 3 is 2.78 bits per heavy atom. The molecule has 1 saturated heterocycles. The van der Waals surface area contributed by atoms with Gasteiger partial charge in [0, 0.05) is 32.2 Å². The van der Waals surface area contributed by atoms with E-state index in [-0.39, 0.29) is 5.97 Å². The van der Waals surface area contributed by atoms with Crippen LogP contribution in [0, 0.1) is 6.92 Å². The number of hydrogen-bond acceptors (Lipinski definition) is 7. The van der Waals surface area contributed by atoms with Crippen molar-refractivity contribution in [1.82, 2.24) is 25.1 Å². The molecule has 3 rings (SSSR count). The lowest BCUT2D eigenvalue weighted by molar-refractivity contribution is 0.0525. The second-order valence-electron chi connectivity index (χ2n) is 5.25. The van der Waals surface area contributed by atoms with Gasteiger partial charge in [-0.2, -0.15) is 5.10 Å². The van der Waals surface area contributed by atoms with Gasteiger partial charge in [-0.25, -0.2) is 19.4 Å². The Morgan fingerprint density at radius 1 is 1.30 bits per heavy atom. The topological polar surface area (TPSA) is 85.2 Å². The second kappa shape index (κ2) is 6.74. The molecule has 0 unspecified atom stereocenters. The molecule has 3 heterocycles. The Labute approximate surface area is 134 Å². The maximum absolute atomic E-state index is 11.9. The number of rotatable bonds is 4. The molecule has 23 heavy (non-hydrogen) atoms. The minimum absolute atomic E-state index is 0.337. The van der Waals surface area contributed by atoms with Crippen LogP contribution in [-0.4, -0.2) is 58.5 Å². The van der Waals surface area contributed by atoms with Crippen LogP contribution < -0.4 is 10.2 Å². The molecule has 0 radical (unpaired) electrons. The van der Waals surface area contributed by atoms with E-state index in [4.69, 9.17) is 4.74 Å². The molecule has 0 aliphatic carbocycles. The summed E-state index contributed by atoms with van der Waals surface area (Å²) >= 11 is 0. The van der Waals surface area contributed by atoms with Gasteiger partial charge in [0.1, 0.15) is 17.7 Å². The van der Waals surface area contributed by atoms with Crippen LogP contribution in [0.2, 0.25) is 0 Å². The van der Waals surface area contributed by atoms with E-state index in [2.05, 4.69) is 25.3 Å². The molecule has 0 amide bonds. The Morgan fingerprint density at radius 2 is 2.04 bits per heavy atom. The molecule has 2 aromatic rings. The fourth-order valence-corrected chi connectivity index (χ4v) is 2.57. The van der Waals surface area contributed by atoms with Gasteiger partial charge in [-0.05, 0) is 13.8 Å². The number of esters is 1. The van der Waals surface area contributed by atoms with E-state index >= 15 is 0 Å². The minimum Gasteiger partial charge on any atom is -0.462 e. The van der Waals surface area contributed by atoms with Gasteiger partial charge in [-0.1, -0.05) is 0 Å². The molecule has 0 bridgehead atoms. The maximum atomic E-state index is 11.9. The highest BCUT2D eigenvalue weighted by Crippen LogP contribution is 2.17. The van der Waals surface area contributed by atoms with Crippen molar-refractivity contribution in [3.63, 3.8) is 0 Å². The summed E-state index contributed by atoms with van der Waals surface area (Å²) in [6.45, 7) is 7.63. The number of nitrogens with one attached hydrogen (secondary N) is 1. The number of aromatic nitrogens is 4. The van der Waals surface area contributed by atoms with Gasteiger partial charge < -0.3 is 15.0 Å². The number of piperazine rings is 1. The average Bonchev–Trinajstić information content (AvgIpc) is 2.98. The van der Waals surface area contributed by atoms with Crippen LogP contribution in [0.25, 0.3) is 5.82 Å². The number of carbonyl (C=O) groups is 1. The molecule has 0 atom stereocenters. The van der Waals surface area contributed by atoms with Crippen LogP contribution in [0.15, 0.2) is 18.6 Å². The van der Waals surface area contributed by atoms with Crippen molar-refractivity contribution in [3.8, 4) is 5.82 Å². The molecule has 122 valence electrons. The minimum atomic E-state index is -0.368. The van der Waals surface area contributed by atoms with Gasteiger partial charge in [0.05, 0.1) is 18.5 Å². The lowest BCUT2D eigenvalue weighted by Crippen LogP contribution is -2.43. The van der Waals surface area contributed by atoms with Gasteiger partial charge in [-0.15, -0.1) is 0 Å². The van der Waals surface area contributed by atoms with Crippen molar-refractivity contribution < 1.29 is 9.53 Å². The van der Waals surface area contributed by atoms with Crippen LogP contribution in [0.4, 0.5) is 5.82 Å². The van der Waals surface area contributed by atoms with Crippen molar-refractivity contribution in [3.05, 3.63) is 29.8 Å². The molecule has 8 heteroatoms. The summed E-state index contributed by atoms with van der Waals surface area (Å²) in [5.74, 6) is 1.14. The third-order valence-corrected chi connectivity index (χ3v) is 3.80. The fraction of sp³-hybridized carbons (Fsp3) is 0.467. The predicted octanol–water partition coefficient (Wildman–Crippen LogP) is 0.557. The standard InChI is InChI=1S/C15H20N6O2/c1-3-23-15(22)12-9-19-21(11(12)2)14-8-13(17-10-18-14)20-6-4-16-5-7-20/h8-10,16H,3-7H2,1-2H3.